The van der Waals surface area contributed by atoms with Crippen LogP contribution >= 0.6 is 0 Å². The fraction of sp³-hybridized carbons (Fsp3) is 0.167. The number of carbonyl (C=O) groups excluding carboxylic acids is 1. The summed E-state index contributed by atoms with van der Waals surface area (Å²) < 4.78 is 1.42. The van der Waals surface area contributed by atoms with Crippen molar-refractivity contribution >= 4 is 5.91 Å². The molecule has 3 heteroatoms. The summed E-state index contributed by atoms with van der Waals surface area (Å²) in [5.74, 6) is -0.0249. The minimum atomic E-state index is -0.0249. The molecule has 0 saturated carbocycles. The molecule has 0 bridgehead atoms. The van der Waals surface area contributed by atoms with E-state index in [0.29, 0.717) is 0 Å². The fourth-order valence-electron chi connectivity index (χ4n) is 0.516. The highest BCUT2D eigenvalue weighted by Crippen LogP contribution is 1.69. The van der Waals surface area contributed by atoms with Crippen LogP contribution in [-0.4, -0.2) is 10.9 Å². The summed E-state index contributed by atoms with van der Waals surface area (Å²) in [7, 11) is 0. The lowest BCUT2D eigenvalue weighted by atomic mass is 10.6. The van der Waals surface area contributed by atoms with Crippen LogP contribution in [0.4, 0.5) is 0 Å². The van der Waals surface area contributed by atoms with Crippen LogP contribution in [-0.2, 0) is 0 Å². The number of aromatic nitrogens is 2. The molecule has 0 saturated heterocycles. The Morgan fingerprint density at radius 2 is 2.44 bits per heavy atom. The maximum atomic E-state index is 10.6. The van der Waals surface area contributed by atoms with Crippen LogP contribution in [0.2, 0.25) is 0 Å². The van der Waals surface area contributed by atoms with Gasteiger partial charge in [0.05, 0.1) is 0 Å². The van der Waals surface area contributed by atoms with Gasteiger partial charge in [0.25, 0.3) is 6.33 Å². The molecule has 1 aromatic rings. The van der Waals surface area contributed by atoms with Crippen molar-refractivity contribution in [2.24, 2.45) is 0 Å². The second-order valence-electron chi connectivity index (χ2n) is 1.68. The van der Waals surface area contributed by atoms with Crippen LogP contribution in [0.25, 0.3) is 0 Å². The topological polar surface area (TPSA) is 33.8 Å². The fourth-order valence-corrected chi connectivity index (χ4v) is 0.516. The first-order valence-corrected chi connectivity index (χ1v) is 2.63. The predicted molar refractivity (Wildman–Crippen MR) is 30.7 cm³/mol. The molecule has 0 atom stereocenters. The summed E-state index contributed by atoms with van der Waals surface area (Å²) in [4.78, 5) is 14.3. The Balaban J connectivity index is 2.98. The summed E-state index contributed by atoms with van der Waals surface area (Å²) in [5, 5.41) is 0. The van der Waals surface area contributed by atoms with Crippen LogP contribution in [0.5, 0.6) is 0 Å². The Labute approximate surface area is 53.0 Å². The van der Waals surface area contributed by atoms with E-state index in [1.165, 1.54) is 17.8 Å². The zero-order chi connectivity index (χ0) is 6.69. The van der Waals surface area contributed by atoms with Gasteiger partial charge >= 0.3 is 5.91 Å². The van der Waals surface area contributed by atoms with Gasteiger partial charge < -0.3 is 0 Å². The zero-order valence-corrected chi connectivity index (χ0v) is 5.11. The van der Waals surface area contributed by atoms with Crippen LogP contribution in [0.3, 0.4) is 0 Å². The molecule has 0 amide bonds. The second-order valence-corrected chi connectivity index (χ2v) is 1.68. The number of nitrogens with zero attached hydrogens (tertiary/aromatic N) is 2. The van der Waals surface area contributed by atoms with Gasteiger partial charge in [-0.25, -0.2) is 4.79 Å². The maximum absolute atomic E-state index is 10.6. The molecule has 3 nitrogen and oxygen atoms in total. The molecule has 0 aliphatic rings. The third-order valence-corrected chi connectivity index (χ3v) is 0.973. The summed E-state index contributed by atoms with van der Waals surface area (Å²) in [6.07, 6.45) is 4.76. The van der Waals surface area contributed by atoms with Gasteiger partial charge in [-0.05, 0) is 0 Å². The van der Waals surface area contributed by atoms with Crippen molar-refractivity contribution < 1.29 is 9.36 Å². The largest absolute Gasteiger partial charge is 0.310 e. The van der Waals surface area contributed by atoms with Crippen molar-refractivity contribution in [3.8, 4) is 0 Å². The molecule has 0 fully saturated rings. The highest BCUT2D eigenvalue weighted by atomic mass is 16.1. The lowest BCUT2D eigenvalue weighted by molar-refractivity contribution is -0.576. The average molecular weight is 123 g/mol. The van der Waals surface area contributed by atoms with E-state index in [9.17, 15) is 4.79 Å². The SMILES string of the molecule is CC(=O)[n+]1cccnc1. The molecule has 0 aromatic carbocycles. The molecular formula is C6H7N2O+. The van der Waals surface area contributed by atoms with Gasteiger partial charge in [0.15, 0.2) is 0 Å². The number of hydrogen-bond donors (Lipinski definition) is 0. The van der Waals surface area contributed by atoms with Gasteiger partial charge in [0.2, 0.25) is 0 Å². The molecule has 0 aliphatic heterocycles. The number of hydrogen-bond acceptors (Lipinski definition) is 2. The normalized spacial score (nSPS) is 9.00. The molecule has 1 heterocycles. The van der Waals surface area contributed by atoms with E-state index in [1.54, 1.807) is 18.5 Å². The van der Waals surface area contributed by atoms with Crippen LogP contribution < -0.4 is 4.57 Å². The molecule has 0 aliphatic carbocycles. The average Bonchev–Trinajstić information content (AvgIpc) is 1.90. The number of carbonyl (C=O) groups is 1. The lowest BCUT2D eigenvalue weighted by Gasteiger charge is -1.84. The van der Waals surface area contributed by atoms with Crippen molar-refractivity contribution in [2.75, 3.05) is 0 Å². The standard InChI is InChI=1S/C6H7N2O/c1-6(9)8-4-2-3-7-5-8/h2-5H,1H3/q+1. The molecule has 1 rings (SSSR count). The van der Waals surface area contributed by atoms with E-state index in [-0.39, 0.29) is 5.91 Å². The van der Waals surface area contributed by atoms with Crippen molar-refractivity contribution in [1.82, 2.24) is 4.98 Å². The van der Waals surface area contributed by atoms with E-state index >= 15 is 0 Å². The smallest absolute Gasteiger partial charge is 0.247 e. The maximum Gasteiger partial charge on any atom is 0.310 e. The van der Waals surface area contributed by atoms with Crippen LogP contribution in [0.1, 0.15) is 11.7 Å². The summed E-state index contributed by atoms with van der Waals surface area (Å²) in [6, 6.07) is 1.71. The summed E-state index contributed by atoms with van der Waals surface area (Å²) >= 11 is 0. The predicted octanol–water partition coefficient (Wildman–Crippen LogP) is 0.0292. The molecular weight excluding hydrogens is 116 g/mol. The number of rotatable bonds is 0. The van der Waals surface area contributed by atoms with Crippen molar-refractivity contribution in [2.45, 2.75) is 6.92 Å². The molecule has 0 unspecified atom stereocenters. The van der Waals surface area contributed by atoms with Gasteiger partial charge in [0.1, 0.15) is 12.4 Å². The molecule has 0 N–H and O–H groups in total. The summed E-state index contributed by atoms with van der Waals surface area (Å²) in [5.41, 5.74) is 0. The van der Waals surface area contributed by atoms with Gasteiger partial charge in [-0.15, -0.1) is 0 Å². The Hall–Kier alpha value is -1.25. The minimum Gasteiger partial charge on any atom is -0.247 e. The zero-order valence-electron chi connectivity index (χ0n) is 5.11. The van der Waals surface area contributed by atoms with Crippen LogP contribution in [0.15, 0.2) is 24.8 Å². The van der Waals surface area contributed by atoms with E-state index < -0.39 is 0 Å². The first-order chi connectivity index (χ1) is 4.30. The highest BCUT2D eigenvalue weighted by Gasteiger charge is 1.98. The first-order valence-electron chi connectivity index (χ1n) is 2.63. The van der Waals surface area contributed by atoms with E-state index in [1.807, 2.05) is 0 Å². The molecule has 9 heavy (non-hydrogen) atoms. The van der Waals surface area contributed by atoms with Crippen molar-refractivity contribution in [3.05, 3.63) is 24.8 Å². The van der Waals surface area contributed by atoms with Crippen molar-refractivity contribution in [3.63, 3.8) is 0 Å². The Morgan fingerprint density at radius 3 is 2.78 bits per heavy atom. The van der Waals surface area contributed by atoms with Gasteiger partial charge in [0, 0.05) is 13.0 Å². The highest BCUT2D eigenvalue weighted by molar-refractivity contribution is 5.62. The molecule has 46 valence electrons. The van der Waals surface area contributed by atoms with Gasteiger partial charge in [-0.3, -0.25) is 0 Å². The van der Waals surface area contributed by atoms with Crippen molar-refractivity contribution in [1.29, 1.82) is 0 Å². The second kappa shape index (κ2) is 2.35. The Bertz CT molecular complexity index is 208. The van der Waals surface area contributed by atoms with Gasteiger partial charge in [-0.1, -0.05) is 4.98 Å². The third kappa shape index (κ3) is 1.32. The summed E-state index contributed by atoms with van der Waals surface area (Å²) in [6.45, 7) is 1.49. The quantitative estimate of drug-likeness (QED) is 0.456. The monoisotopic (exact) mass is 123 g/mol. The molecule has 1 aromatic heterocycles. The van der Waals surface area contributed by atoms with E-state index in [0.717, 1.165) is 0 Å². The third-order valence-electron chi connectivity index (χ3n) is 0.973. The Kier molecular flexibility index (Phi) is 1.53. The Morgan fingerprint density at radius 1 is 1.67 bits per heavy atom. The minimum absolute atomic E-state index is 0.0249. The van der Waals surface area contributed by atoms with Crippen LogP contribution in [0, 0.1) is 0 Å². The van der Waals surface area contributed by atoms with Gasteiger partial charge in [-0.2, -0.15) is 4.57 Å². The lowest BCUT2D eigenvalue weighted by Crippen LogP contribution is -2.39. The molecule has 0 radical (unpaired) electrons. The first kappa shape index (κ1) is 5.88. The van der Waals surface area contributed by atoms with E-state index in [2.05, 4.69) is 4.98 Å². The molecule has 0 spiro atoms. The van der Waals surface area contributed by atoms with E-state index in [4.69, 9.17) is 0 Å².